The standard InChI is InChI=1S/C17H17NO/c1-13(14-7-3-2-4-8-14)18-12-16-11-15-9-5-6-10-17(15)19-16/h2-11,13,18H,12H2,1H3/t13-/m1/s1. The van der Waals surface area contributed by atoms with Crippen LogP contribution in [0.1, 0.15) is 24.3 Å². The molecule has 0 saturated carbocycles. The number of fused-ring (bicyclic) bond motifs is 1. The molecule has 0 bridgehead atoms. The molecule has 3 aromatic rings. The van der Waals surface area contributed by atoms with E-state index in [-0.39, 0.29) is 0 Å². The fraction of sp³-hybridized carbons (Fsp3) is 0.176. The summed E-state index contributed by atoms with van der Waals surface area (Å²) in [6.45, 7) is 2.91. The van der Waals surface area contributed by atoms with Crippen LogP contribution in [0, 0.1) is 0 Å². The van der Waals surface area contributed by atoms with Crippen LogP contribution < -0.4 is 5.32 Å². The first-order chi connectivity index (χ1) is 9.33. The number of para-hydroxylation sites is 1. The van der Waals surface area contributed by atoms with E-state index in [4.69, 9.17) is 4.42 Å². The number of rotatable bonds is 4. The molecule has 1 N–H and O–H groups in total. The molecule has 1 aromatic heterocycles. The third kappa shape index (κ3) is 2.69. The van der Waals surface area contributed by atoms with Crippen LogP contribution in [0.3, 0.4) is 0 Å². The maximum absolute atomic E-state index is 5.79. The van der Waals surface area contributed by atoms with Crippen LogP contribution in [-0.2, 0) is 6.54 Å². The second kappa shape index (κ2) is 5.29. The fourth-order valence-electron chi connectivity index (χ4n) is 2.24. The highest BCUT2D eigenvalue weighted by Gasteiger charge is 2.06. The molecule has 3 rings (SSSR count). The first-order valence-corrected chi connectivity index (χ1v) is 6.59. The van der Waals surface area contributed by atoms with Gasteiger partial charge in [0.05, 0.1) is 6.54 Å². The number of furan rings is 1. The van der Waals surface area contributed by atoms with Gasteiger partial charge in [-0.05, 0) is 24.6 Å². The van der Waals surface area contributed by atoms with E-state index in [2.05, 4.69) is 48.6 Å². The van der Waals surface area contributed by atoms with Crippen LogP contribution in [0.15, 0.2) is 65.1 Å². The molecule has 96 valence electrons. The molecule has 0 aliphatic heterocycles. The van der Waals surface area contributed by atoms with Gasteiger partial charge in [0.15, 0.2) is 0 Å². The smallest absolute Gasteiger partial charge is 0.134 e. The van der Waals surface area contributed by atoms with E-state index < -0.39 is 0 Å². The highest BCUT2D eigenvalue weighted by Crippen LogP contribution is 2.19. The highest BCUT2D eigenvalue weighted by atomic mass is 16.3. The van der Waals surface area contributed by atoms with E-state index in [1.807, 2.05) is 24.3 Å². The van der Waals surface area contributed by atoms with Gasteiger partial charge < -0.3 is 9.73 Å². The molecule has 2 heteroatoms. The lowest BCUT2D eigenvalue weighted by atomic mass is 10.1. The minimum Gasteiger partial charge on any atom is -0.460 e. The van der Waals surface area contributed by atoms with Gasteiger partial charge in [0.25, 0.3) is 0 Å². The zero-order valence-electron chi connectivity index (χ0n) is 11.0. The fourth-order valence-corrected chi connectivity index (χ4v) is 2.24. The Bertz CT molecular complexity index is 624. The Morgan fingerprint density at radius 1 is 1.00 bits per heavy atom. The zero-order chi connectivity index (χ0) is 13.1. The molecule has 0 saturated heterocycles. The third-order valence-corrected chi connectivity index (χ3v) is 3.36. The Morgan fingerprint density at radius 2 is 1.74 bits per heavy atom. The molecule has 0 radical (unpaired) electrons. The van der Waals surface area contributed by atoms with Gasteiger partial charge in [-0.15, -0.1) is 0 Å². The topological polar surface area (TPSA) is 25.2 Å². The molecule has 0 amide bonds. The predicted octanol–water partition coefficient (Wildman–Crippen LogP) is 4.28. The van der Waals surface area contributed by atoms with Crippen LogP contribution in [0.4, 0.5) is 0 Å². The van der Waals surface area contributed by atoms with E-state index in [0.29, 0.717) is 6.04 Å². The molecule has 19 heavy (non-hydrogen) atoms. The van der Waals surface area contributed by atoms with Crippen molar-refractivity contribution in [1.29, 1.82) is 0 Å². The average Bonchev–Trinajstić information content (AvgIpc) is 2.88. The van der Waals surface area contributed by atoms with Crippen molar-refractivity contribution < 1.29 is 4.42 Å². The van der Waals surface area contributed by atoms with Crippen molar-refractivity contribution in [3.8, 4) is 0 Å². The molecule has 0 fully saturated rings. The molecular weight excluding hydrogens is 234 g/mol. The van der Waals surface area contributed by atoms with Gasteiger partial charge in [-0.1, -0.05) is 48.5 Å². The predicted molar refractivity (Wildman–Crippen MR) is 77.9 cm³/mol. The van der Waals surface area contributed by atoms with E-state index in [0.717, 1.165) is 23.3 Å². The van der Waals surface area contributed by atoms with Crippen molar-refractivity contribution in [2.75, 3.05) is 0 Å². The Labute approximate surface area is 113 Å². The SMILES string of the molecule is C[C@@H](NCc1cc2ccccc2o1)c1ccccc1. The van der Waals surface area contributed by atoms with Gasteiger partial charge in [-0.3, -0.25) is 0 Å². The van der Waals surface area contributed by atoms with E-state index >= 15 is 0 Å². The number of nitrogens with one attached hydrogen (secondary N) is 1. The van der Waals surface area contributed by atoms with Gasteiger partial charge in [-0.25, -0.2) is 0 Å². The van der Waals surface area contributed by atoms with Crippen LogP contribution in [-0.4, -0.2) is 0 Å². The summed E-state index contributed by atoms with van der Waals surface area (Å²) in [4.78, 5) is 0. The Kier molecular flexibility index (Phi) is 3.34. The summed E-state index contributed by atoms with van der Waals surface area (Å²) in [5.74, 6) is 0.976. The Morgan fingerprint density at radius 3 is 2.53 bits per heavy atom. The highest BCUT2D eigenvalue weighted by molar-refractivity contribution is 5.77. The van der Waals surface area contributed by atoms with Crippen LogP contribution in [0.5, 0.6) is 0 Å². The molecule has 2 nitrogen and oxygen atoms in total. The average molecular weight is 251 g/mol. The maximum atomic E-state index is 5.79. The van der Waals surface area contributed by atoms with Crippen molar-refractivity contribution in [2.24, 2.45) is 0 Å². The lowest BCUT2D eigenvalue weighted by Crippen LogP contribution is -2.17. The molecule has 0 spiro atoms. The van der Waals surface area contributed by atoms with Gasteiger partial charge in [-0.2, -0.15) is 0 Å². The van der Waals surface area contributed by atoms with Crippen LogP contribution in [0.25, 0.3) is 11.0 Å². The second-order valence-corrected chi connectivity index (χ2v) is 4.76. The minimum absolute atomic E-state index is 0.314. The Hall–Kier alpha value is -2.06. The summed E-state index contributed by atoms with van der Waals surface area (Å²) in [6.07, 6.45) is 0. The normalized spacial score (nSPS) is 12.7. The monoisotopic (exact) mass is 251 g/mol. The lowest BCUT2D eigenvalue weighted by molar-refractivity contribution is 0.482. The molecule has 0 aliphatic carbocycles. The summed E-state index contributed by atoms with van der Waals surface area (Å²) < 4.78 is 5.79. The number of hydrogen-bond donors (Lipinski definition) is 1. The van der Waals surface area contributed by atoms with Gasteiger partial charge in [0.1, 0.15) is 11.3 Å². The van der Waals surface area contributed by atoms with E-state index in [9.17, 15) is 0 Å². The van der Waals surface area contributed by atoms with E-state index in [1.165, 1.54) is 5.56 Å². The number of hydrogen-bond acceptors (Lipinski definition) is 2. The van der Waals surface area contributed by atoms with Gasteiger partial charge >= 0.3 is 0 Å². The summed E-state index contributed by atoms with van der Waals surface area (Å²) in [5.41, 5.74) is 2.24. The molecule has 2 aromatic carbocycles. The molecular formula is C17H17NO. The van der Waals surface area contributed by atoms with Crippen LogP contribution in [0.2, 0.25) is 0 Å². The summed E-state index contributed by atoms with van der Waals surface area (Å²) in [6, 6.07) is 20.9. The Balaban J connectivity index is 1.69. The lowest BCUT2D eigenvalue weighted by Gasteiger charge is -2.12. The third-order valence-electron chi connectivity index (χ3n) is 3.36. The van der Waals surface area contributed by atoms with Crippen molar-refractivity contribution in [3.05, 3.63) is 72.0 Å². The van der Waals surface area contributed by atoms with Gasteiger partial charge in [0.2, 0.25) is 0 Å². The largest absolute Gasteiger partial charge is 0.460 e. The zero-order valence-corrected chi connectivity index (χ0v) is 11.0. The minimum atomic E-state index is 0.314. The summed E-state index contributed by atoms with van der Waals surface area (Å²) in [5, 5.41) is 4.64. The quantitative estimate of drug-likeness (QED) is 0.748. The van der Waals surface area contributed by atoms with Crippen molar-refractivity contribution in [2.45, 2.75) is 19.5 Å². The second-order valence-electron chi connectivity index (χ2n) is 4.76. The first-order valence-electron chi connectivity index (χ1n) is 6.59. The molecule has 0 unspecified atom stereocenters. The first kappa shape index (κ1) is 12.0. The molecule has 0 aliphatic rings. The summed E-state index contributed by atoms with van der Waals surface area (Å²) in [7, 11) is 0. The molecule has 1 atom stereocenters. The van der Waals surface area contributed by atoms with Crippen molar-refractivity contribution in [3.63, 3.8) is 0 Å². The maximum Gasteiger partial charge on any atom is 0.134 e. The van der Waals surface area contributed by atoms with E-state index in [1.54, 1.807) is 0 Å². The molecule has 1 heterocycles. The van der Waals surface area contributed by atoms with Gasteiger partial charge in [0, 0.05) is 11.4 Å². The van der Waals surface area contributed by atoms with Crippen molar-refractivity contribution >= 4 is 11.0 Å². The summed E-state index contributed by atoms with van der Waals surface area (Å²) >= 11 is 0. The van der Waals surface area contributed by atoms with Crippen molar-refractivity contribution in [1.82, 2.24) is 5.32 Å². The van der Waals surface area contributed by atoms with Crippen LogP contribution >= 0.6 is 0 Å². The number of benzene rings is 2.